The third-order valence-electron chi connectivity index (χ3n) is 9.78. The van der Waals surface area contributed by atoms with Crippen LogP contribution >= 0.6 is 0 Å². The van der Waals surface area contributed by atoms with Gasteiger partial charge in [0.1, 0.15) is 5.69 Å². The van der Waals surface area contributed by atoms with Crippen LogP contribution < -0.4 is 18.9 Å². The first-order valence-electron chi connectivity index (χ1n) is 17.1. The molecular formula is C45H30IrN4O3+. The van der Waals surface area contributed by atoms with Crippen molar-refractivity contribution in [2.45, 2.75) is 13.8 Å². The van der Waals surface area contributed by atoms with Crippen LogP contribution in [0.25, 0.3) is 49.9 Å². The average Bonchev–Trinajstić information content (AvgIpc) is 3.74. The number of para-hydroxylation sites is 7. The van der Waals surface area contributed by atoms with E-state index in [9.17, 15) is 0 Å². The summed E-state index contributed by atoms with van der Waals surface area (Å²) in [5.41, 5.74) is 11.5. The van der Waals surface area contributed by atoms with Gasteiger partial charge in [0.2, 0.25) is 6.33 Å². The fourth-order valence-corrected chi connectivity index (χ4v) is 7.10. The van der Waals surface area contributed by atoms with E-state index in [0.717, 1.165) is 78.7 Å². The zero-order valence-electron chi connectivity index (χ0n) is 29.0. The normalized spacial score (nSPS) is 12.2. The van der Waals surface area contributed by atoms with Gasteiger partial charge >= 0.3 is 20.1 Å². The zero-order valence-corrected chi connectivity index (χ0v) is 31.4. The van der Waals surface area contributed by atoms with Gasteiger partial charge in [-0.1, -0.05) is 76.8 Å². The van der Waals surface area contributed by atoms with Crippen molar-refractivity contribution in [3.8, 4) is 39.9 Å². The number of aryl methyl sites for hydroxylation is 3. The minimum absolute atomic E-state index is 0. The number of hydrogen-bond acceptors (Lipinski definition) is 5. The van der Waals surface area contributed by atoms with E-state index >= 15 is 0 Å². The molecule has 0 N–H and O–H groups in total. The van der Waals surface area contributed by atoms with Crippen LogP contribution in [0.3, 0.4) is 0 Å². The van der Waals surface area contributed by atoms with Crippen molar-refractivity contribution < 1.29 is 38.6 Å². The molecule has 6 aromatic carbocycles. The molecule has 0 unspecified atom stereocenters. The molecule has 2 aliphatic rings. The predicted molar refractivity (Wildman–Crippen MR) is 202 cm³/mol. The number of ether oxygens (including phenoxy) is 2. The molecule has 8 heteroatoms. The van der Waals surface area contributed by atoms with Gasteiger partial charge in [0.15, 0.2) is 28.6 Å². The van der Waals surface area contributed by atoms with Crippen LogP contribution in [0.15, 0.2) is 132 Å². The van der Waals surface area contributed by atoms with Gasteiger partial charge in [-0.05, 0) is 55.4 Å². The maximum atomic E-state index is 6.60. The molecular weight excluding hydrogens is 837 g/mol. The van der Waals surface area contributed by atoms with Gasteiger partial charge in [0, 0.05) is 11.6 Å². The number of anilines is 3. The van der Waals surface area contributed by atoms with Crippen LogP contribution in [-0.4, -0.2) is 9.55 Å². The SMILES string of the molecule is C[n+]1[c-]n(-c2[c-]cccc2)c2ccccc21.Cc1cnc(-c2[c-]ccc3c2oc2c4c5c(cc23)Oc2ccccc2N5c2ccccc2O4)cc1C.[Ir+3]. The molecule has 0 amide bonds. The molecule has 0 radical (unpaired) electrons. The van der Waals surface area contributed by atoms with Gasteiger partial charge in [-0.25, -0.2) is 0 Å². The van der Waals surface area contributed by atoms with E-state index in [1.54, 1.807) is 0 Å². The average molecular weight is 867 g/mol. The monoisotopic (exact) mass is 867 g/mol. The summed E-state index contributed by atoms with van der Waals surface area (Å²) in [4.78, 5) is 6.88. The summed E-state index contributed by atoms with van der Waals surface area (Å²) >= 11 is 0. The van der Waals surface area contributed by atoms with Crippen molar-refractivity contribution in [2.75, 3.05) is 4.90 Å². The van der Waals surface area contributed by atoms with Gasteiger partial charge < -0.3 is 28.0 Å². The summed E-state index contributed by atoms with van der Waals surface area (Å²) in [5.74, 6) is 2.94. The van der Waals surface area contributed by atoms with Crippen LogP contribution in [0.5, 0.6) is 23.0 Å². The van der Waals surface area contributed by atoms with Crippen LogP contribution in [0.2, 0.25) is 0 Å². The third-order valence-corrected chi connectivity index (χ3v) is 9.78. The first kappa shape index (κ1) is 32.7. The minimum atomic E-state index is 0. The number of aromatic nitrogens is 3. The fraction of sp³-hybridized carbons (Fsp3) is 0.0667. The molecule has 0 aliphatic carbocycles. The summed E-state index contributed by atoms with van der Waals surface area (Å²) in [6, 6.07) is 46.9. The Balaban J connectivity index is 0.000000184. The van der Waals surface area contributed by atoms with E-state index in [0.29, 0.717) is 11.3 Å². The van der Waals surface area contributed by atoms with Gasteiger partial charge in [0.25, 0.3) is 0 Å². The molecule has 11 rings (SSSR count). The summed E-state index contributed by atoms with van der Waals surface area (Å²) in [6.07, 6.45) is 5.17. The summed E-state index contributed by atoms with van der Waals surface area (Å²) in [6.45, 7) is 4.15. The minimum Gasteiger partial charge on any atom is -0.497 e. The van der Waals surface area contributed by atoms with Crippen LogP contribution in [-0.2, 0) is 27.2 Å². The van der Waals surface area contributed by atoms with Crippen molar-refractivity contribution in [2.24, 2.45) is 7.05 Å². The summed E-state index contributed by atoms with van der Waals surface area (Å²) in [7, 11) is 2.00. The predicted octanol–water partition coefficient (Wildman–Crippen LogP) is 10.8. The Kier molecular flexibility index (Phi) is 7.88. The Morgan fingerprint density at radius 3 is 2.19 bits per heavy atom. The zero-order chi connectivity index (χ0) is 34.9. The topological polar surface area (TPSA) is 56.5 Å². The second-order valence-corrected chi connectivity index (χ2v) is 13.0. The van der Waals surface area contributed by atoms with Gasteiger partial charge in [0.05, 0.1) is 35.0 Å². The van der Waals surface area contributed by atoms with E-state index in [4.69, 9.17) is 13.9 Å². The Labute approximate surface area is 319 Å². The van der Waals surface area contributed by atoms with Crippen LogP contribution in [0.4, 0.5) is 17.1 Å². The summed E-state index contributed by atoms with van der Waals surface area (Å²) in [5, 5.41) is 1.89. The number of pyridine rings is 1. The third kappa shape index (κ3) is 5.21. The van der Waals surface area contributed by atoms with Crippen molar-refractivity contribution in [3.05, 3.63) is 157 Å². The standard InChI is InChI=1S/C31H19N2O3.C14H11N2.Ir/c1-17-14-22(32-16-18(17)2)20-9-7-8-19-21-15-27-28-31(30(21)36-29(19)20)35-26-13-6-4-11-24(26)33(28)23-10-3-5-12-25(23)34-27;1-15-11-16(12-7-3-2-4-8-12)14-10-6-5-9-13(14)15;/h3-8,10-16H,1-2H3;2-7,9-10H,1H3;/q2*-1;+3. The van der Waals surface area contributed by atoms with Crippen molar-refractivity contribution in [1.29, 1.82) is 0 Å². The molecule has 0 fully saturated rings. The molecule has 5 heterocycles. The Morgan fingerprint density at radius 1 is 0.679 bits per heavy atom. The molecule has 2 aliphatic heterocycles. The Morgan fingerprint density at radius 2 is 1.42 bits per heavy atom. The first-order chi connectivity index (χ1) is 25.5. The van der Waals surface area contributed by atoms with Crippen molar-refractivity contribution in [1.82, 2.24) is 9.55 Å². The number of fused-ring (bicyclic) bond motifs is 9. The Bertz CT molecular complexity index is 2850. The van der Waals surface area contributed by atoms with Crippen LogP contribution in [0.1, 0.15) is 11.1 Å². The van der Waals surface area contributed by atoms with Gasteiger partial charge in [-0.3, -0.25) is 4.90 Å². The fourth-order valence-electron chi connectivity index (χ4n) is 7.10. The smallest absolute Gasteiger partial charge is 0.497 e. The molecule has 7 nitrogen and oxygen atoms in total. The molecule has 3 aromatic heterocycles. The van der Waals surface area contributed by atoms with E-state index in [1.165, 1.54) is 11.1 Å². The van der Waals surface area contributed by atoms with Crippen molar-refractivity contribution >= 4 is 50.0 Å². The second kappa shape index (κ2) is 12.8. The number of rotatable bonds is 2. The molecule has 9 aromatic rings. The molecule has 0 bridgehead atoms. The van der Waals surface area contributed by atoms with E-state index < -0.39 is 0 Å². The Hall–Kier alpha value is -6.21. The number of furan rings is 1. The van der Waals surface area contributed by atoms with Gasteiger partial charge in [-0.15, -0.1) is 18.2 Å². The largest absolute Gasteiger partial charge is 3.00 e. The molecule has 0 saturated heterocycles. The van der Waals surface area contributed by atoms with E-state index in [1.807, 2.05) is 107 Å². The molecule has 0 saturated carbocycles. The number of hydrogen-bond donors (Lipinski definition) is 0. The molecule has 0 atom stereocenters. The van der Waals surface area contributed by atoms with E-state index in [2.05, 4.69) is 78.6 Å². The molecule has 0 spiro atoms. The number of benzene rings is 6. The second-order valence-electron chi connectivity index (χ2n) is 13.0. The maximum absolute atomic E-state index is 6.60. The summed E-state index contributed by atoms with van der Waals surface area (Å²) < 4.78 is 23.6. The number of nitrogens with zero attached hydrogens (tertiary/aromatic N) is 4. The quantitative estimate of drug-likeness (QED) is 0.128. The van der Waals surface area contributed by atoms with Crippen molar-refractivity contribution in [3.63, 3.8) is 0 Å². The molecule has 256 valence electrons. The molecule has 53 heavy (non-hydrogen) atoms. The van der Waals surface area contributed by atoms with Crippen LogP contribution in [0, 0.1) is 32.3 Å². The van der Waals surface area contributed by atoms with E-state index in [-0.39, 0.29) is 20.1 Å². The maximum Gasteiger partial charge on any atom is 3.00 e. The number of imidazole rings is 1. The first-order valence-corrected chi connectivity index (χ1v) is 17.1. The van der Waals surface area contributed by atoms with Gasteiger partial charge in [-0.2, -0.15) is 30.3 Å².